The molecule has 0 N–H and O–H groups in total. The Morgan fingerprint density at radius 2 is 1.96 bits per heavy atom. The van der Waals surface area contributed by atoms with Gasteiger partial charge in [-0.3, -0.25) is 4.98 Å². The molecule has 1 aliphatic rings. The number of halogens is 3. The molecule has 0 radical (unpaired) electrons. The van der Waals surface area contributed by atoms with Gasteiger partial charge in [-0.1, -0.05) is 0 Å². The molecular weight excluding hydrogens is 396 g/mol. The molecule has 2 aromatic rings. The van der Waals surface area contributed by atoms with Crippen LogP contribution in [0.2, 0.25) is 0 Å². The summed E-state index contributed by atoms with van der Waals surface area (Å²) in [5.74, 6) is 1.01. The largest absolute Gasteiger partial charge is 0.495 e. The van der Waals surface area contributed by atoms with E-state index in [1.165, 1.54) is 25.6 Å². The van der Waals surface area contributed by atoms with Gasteiger partial charge < -0.3 is 9.47 Å². The summed E-state index contributed by atoms with van der Waals surface area (Å²) in [4.78, 5) is 3.53. The molecule has 1 aromatic heterocycles. The van der Waals surface area contributed by atoms with Gasteiger partial charge in [0, 0.05) is 6.07 Å². The number of methoxy groups -OCH3 is 1. The minimum absolute atomic E-state index is 0.00311. The summed E-state index contributed by atoms with van der Waals surface area (Å²) >= 11 is 3.15. The number of pyridine rings is 1. The van der Waals surface area contributed by atoms with Crippen molar-refractivity contribution in [1.82, 2.24) is 4.98 Å². The van der Waals surface area contributed by atoms with Crippen molar-refractivity contribution in [3.63, 3.8) is 0 Å². The van der Waals surface area contributed by atoms with E-state index in [-0.39, 0.29) is 20.7 Å². The van der Waals surface area contributed by atoms with Crippen molar-refractivity contribution in [3.8, 4) is 17.2 Å². The summed E-state index contributed by atoms with van der Waals surface area (Å²) in [5, 5.41) is -3.81. The second-order valence-corrected chi connectivity index (χ2v) is 7.67. The van der Waals surface area contributed by atoms with Crippen LogP contribution in [0.4, 0.5) is 8.78 Å². The second kappa shape index (κ2) is 5.41. The third kappa shape index (κ3) is 2.57. The molecular formula is C14H10BrF2NO4S. The monoisotopic (exact) mass is 405 g/mol. The molecule has 2 heterocycles. The minimum Gasteiger partial charge on any atom is -0.495 e. The highest BCUT2D eigenvalue weighted by Crippen LogP contribution is 2.47. The summed E-state index contributed by atoms with van der Waals surface area (Å²) in [6.45, 7) is 0. The van der Waals surface area contributed by atoms with Gasteiger partial charge in [0.2, 0.25) is 9.84 Å². The summed E-state index contributed by atoms with van der Waals surface area (Å²) in [6, 6.07) is 4.01. The number of ether oxygens (including phenoxy) is 2. The highest BCUT2D eigenvalue weighted by atomic mass is 79.9. The molecule has 0 saturated heterocycles. The quantitative estimate of drug-likeness (QED) is 0.780. The Balaban J connectivity index is 2.02. The van der Waals surface area contributed by atoms with Crippen LogP contribution in [0, 0.1) is 0 Å². The minimum atomic E-state index is -4.66. The zero-order valence-corrected chi connectivity index (χ0v) is 14.1. The Morgan fingerprint density at radius 1 is 1.26 bits per heavy atom. The van der Waals surface area contributed by atoms with E-state index in [0.29, 0.717) is 11.5 Å². The molecule has 0 fully saturated rings. The number of sulfone groups is 1. The summed E-state index contributed by atoms with van der Waals surface area (Å²) < 4.78 is 61.7. The van der Waals surface area contributed by atoms with E-state index in [0.717, 1.165) is 6.07 Å². The highest BCUT2D eigenvalue weighted by Gasteiger charge is 2.53. The zero-order chi connectivity index (χ0) is 16.8. The van der Waals surface area contributed by atoms with E-state index >= 15 is 0 Å². The first-order valence-electron chi connectivity index (χ1n) is 6.37. The fraction of sp³-hybridized carbons (Fsp3) is 0.214. The lowest BCUT2D eigenvalue weighted by Gasteiger charge is -2.10. The number of hydrogen-bond donors (Lipinski definition) is 0. The Labute approximate surface area is 139 Å². The first-order valence-corrected chi connectivity index (χ1v) is 8.64. The SMILES string of the molecule is COc1cncc(Oc2ccc3c(c2Br)CC(F)(F)S3(=O)=O)c1. The third-order valence-corrected chi connectivity index (χ3v) is 6.14. The van der Waals surface area contributed by atoms with Gasteiger partial charge in [0.25, 0.3) is 0 Å². The van der Waals surface area contributed by atoms with E-state index in [1.807, 2.05) is 0 Å². The normalized spacial score (nSPS) is 17.6. The Bertz CT molecular complexity index is 886. The maximum atomic E-state index is 13.7. The topological polar surface area (TPSA) is 65.5 Å². The van der Waals surface area contributed by atoms with E-state index in [2.05, 4.69) is 20.9 Å². The fourth-order valence-corrected chi connectivity index (χ4v) is 4.33. The van der Waals surface area contributed by atoms with Crippen molar-refractivity contribution in [3.05, 3.63) is 40.6 Å². The van der Waals surface area contributed by atoms with E-state index < -0.39 is 21.5 Å². The van der Waals surface area contributed by atoms with Gasteiger partial charge >= 0.3 is 5.25 Å². The summed E-state index contributed by atoms with van der Waals surface area (Å²) in [5.41, 5.74) is 0.00311. The van der Waals surface area contributed by atoms with Crippen LogP contribution in [0.5, 0.6) is 17.2 Å². The molecule has 0 atom stereocenters. The first-order chi connectivity index (χ1) is 10.8. The van der Waals surface area contributed by atoms with E-state index in [4.69, 9.17) is 9.47 Å². The number of rotatable bonds is 3. The number of fused-ring (bicyclic) bond motifs is 1. The Kier molecular flexibility index (Phi) is 3.80. The molecule has 0 aliphatic carbocycles. The lowest BCUT2D eigenvalue weighted by molar-refractivity contribution is 0.0981. The van der Waals surface area contributed by atoms with Gasteiger partial charge in [0.15, 0.2) is 0 Å². The number of nitrogens with zero attached hydrogens (tertiary/aromatic N) is 1. The van der Waals surface area contributed by atoms with Crippen molar-refractivity contribution < 1.29 is 26.7 Å². The van der Waals surface area contributed by atoms with Crippen LogP contribution in [0.3, 0.4) is 0 Å². The Hall–Kier alpha value is -1.74. The molecule has 122 valence electrons. The first kappa shape index (κ1) is 16.1. The van der Waals surface area contributed by atoms with Gasteiger partial charge in [0.05, 0.1) is 35.3 Å². The molecule has 1 aliphatic heterocycles. The smallest absolute Gasteiger partial charge is 0.354 e. The van der Waals surface area contributed by atoms with Crippen LogP contribution in [-0.2, 0) is 16.3 Å². The maximum Gasteiger partial charge on any atom is 0.354 e. The molecule has 0 saturated carbocycles. The van der Waals surface area contributed by atoms with Crippen LogP contribution >= 0.6 is 15.9 Å². The highest BCUT2D eigenvalue weighted by molar-refractivity contribution is 9.10. The van der Waals surface area contributed by atoms with Crippen LogP contribution in [0.15, 0.2) is 40.0 Å². The molecule has 1 aromatic carbocycles. The molecule has 0 spiro atoms. The van der Waals surface area contributed by atoms with Crippen molar-refractivity contribution in [1.29, 1.82) is 0 Å². The number of aromatic nitrogens is 1. The molecule has 5 nitrogen and oxygen atoms in total. The van der Waals surface area contributed by atoms with Crippen LogP contribution < -0.4 is 9.47 Å². The van der Waals surface area contributed by atoms with Crippen molar-refractivity contribution in [2.75, 3.05) is 7.11 Å². The standard InChI is InChI=1S/C14H10BrF2NO4S/c1-21-8-4-9(7-18-6-8)22-11-2-3-12-10(13(11)15)5-14(16,17)23(12,19)20/h2-4,6-7H,5H2,1H3. The molecule has 0 bridgehead atoms. The molecule has 23 heavy (non-hydrogen) atoms. The third-order valence-electron chi connectivity index (χ3n) is 3.38. The fourth-order valence-electron chi connectivity index (χ4n) is 2.23. The Morgan fingerprint density at radius 3 is 2.65 bits per heavy atom. The molecule has 9 heteroatoms. The molecule has 0 amide bonds. The number of hydrogen-bond acceptors (Lipinski definition) is 5. The lowest BCUT2D eigenvalue weighted by Crippen LogP contribution is -2.24. The van der Waals surface area contributed by atoms with Crippen LogP contribution in [-0.4, -0.2) is 25.8 Å². The van der Waals surface area contributed by atoms with Crippen molar-refractivity contribution >= 4 is 25.8 Å². The van der Waals surface area contributed by atoms with Crippen LogP contribution in [0.25, 0.3) is 0 Å². The predicted molar refractivity (Wildman–Crippen MR) is 80.8 cm³/mol. The summed E-state index contributed by atoms with van der Waals surface area (Å²) in [6.07, 6.45) is 2.02. The van der Waals surface area contributed by atoms with Gasteiger partial charge in [-0.2, -0.15) is 8.78 Å². The predicted octanol–water partition coefficient (Wildman–Crippen LogP) is 3.57. The average molecular weight is 406 g/mol. The van der Waals surface area contributed by atoms with Crippen LogP contribution in [0.1, 0.15) is 5.56 Å². The van der Waals surface area contributed by atoms with E-state index in [1.54, 1.807) is 6.07 Å². The van der Waals surface area contributed by atoms with Crippen molar-refractivity contribution in [2.24, 2.45) is 0 Å². The average Bonchev–Trinajstić information content (AvgIpc) is 2.69. The molecule has 3 rings (SSSR count). The van der Waals surface area contributed by atoms with Gasteiger partial charge in [0.1, 0.15) is 17.2 Å². The van der Waals surface area contributed by atoms with E-state index in [9.17, 15) is 17.2 Å². The summed E-state index contributed by atoms with van der Waals surface area (Å²) in [7, 11) is -3.19. The zero-order valence-electron chi connectivity index (χ0n) is 11.7. The van der Waals surface area contributed by atoms with Gasteiger partial charge in [-0.05, 0) is 33.6 Å². The van der Waals surface area contributed by atoms with Gasteiger partial charge in [-0.25, -0.2) is 8.42 Å². The van der Waals surface area contributed by atoms with Gasteiger partial charge in [-0.15, -0.1) is 0 Å². The second-order valence-electron chi connectivity index (χ2n) is 4.83. The maximum absolute atomic E-state index is 13.7. The number of alkyl halides is 2. The number of benzene rings is 1. The molecule has 0 unspecified atom stereocenters. The van der Waals surface area contributed by atoms with Crippen molar-refractivity contribution in [2.45, 2.75) is 16.6 Å². The lowest BCUT2D eigenvalue weighted by atomic mass is 10.1.